The van der Waals surface area contributed by atoms with Crippen molar-refractivity contribution in [1.82, 2.24) is 5.32 Å². The summed E-state index contributed by atoms with van der Waals surface area (Å²) < 4.78 is 0. The van der Waals surface area contributed by atoms with E-state index in [0.29, 0.717) is 11.9 Å². The maximum absolute atomic E-state index is 11.4. The van der Waals surface area contributed by atoms with Gasteiger partial charge in [-0.25, -0.2) is 0 Å². The van der Waals surface area contributed by atoms with Crippen LogP contribution in [0.25, 0.3) is 0 Å². The largest absolute Gasteiger partial charge is 0.355 e. The average molecular weight is 335 g/mol. The topological polar surface area (TPSA) is 29.1 Å². The molecule has 0 heterocycles. The van der Waals surface area contributed by atoms with E-state index in [0.717, 1.165) is 6.42 Å². The molecule has 15 heavy (non-hydrogen) atoms. The molecule has 1 amide bonds. The molecule has 1 unspecified atom stereocenters. The molecule has 1 aromatic rings. The second-order valence-electron chi connectivity index (χ2n) is 3.15. The van der Waals surface area contributed by atoms with E-state index in [4.69, 9.17) is 0 Å². The number of rotatable bonds is 5. The van der Waals surface area contributed by atoms with Crippen molar-refractivity contribution < 1.29 is 4.79 Å². The summed E-state index contributed by atoms with van der Waals surface area (Å²) in [6.45, 7) is 0.679. The number of hydrogen-bond donors (Lipinski definition) is 1. The summed E-state index contributed by atoms with van der Waals surface area (Å²) in [5.74, 6) is 0.0304. The Morgan fingerprint density at radius 2 is 2.00 bits per heavy atom. The van der Waals surface area contributed by atoms with Crippen LogP contribution in [0.3, 0.4) is 0 Å². The van der Waals surface area contributed by atoms with Gasteiger partial charge >= 0.3 is 0 Å². The maximum atomic E-state index is 11.4. The van der Waals surface area contributed by atoms with Crippen LogP contribution >= 0.6 is 31.9 Å². The van der Waals surface area contributed by atoms with Gasteiger partial charge in [0.15, 0.2) is 0 Å². The Morgan fingerprint density at radius 3 is 2.60 bits per heavy atom. The van der Waals surface area contributed by atoms with E-state index in [-0.39, 0.29) is 10.7 Å². The molecule has 1 N–H and O–H groups in total. The van der Waals surface area contributed by atoms with Crippen LogP contribution in [0.15, 0.2) is 30.3 Å². The van der Waals surface area contributed by atoms with Crippen LogP contribution in [0.1, 0.15) is 5.56 Å². The monoisotopic (exact) mass is 333 g/mol. The van der Waals surface area contributed by atoms with Crippen LogP contribution in [0.4, 0.5) is 0 Å². The summed E-state index contributed by atoms with van der Waals surface area (Å²) in [4.78, 5) is 11.2. The number of benzene rings is 1. The molecule has 1 rings (SSSR count). The van der Waals surface area contributed by atoms with E-state index in [1.54, 1.807) is 0 Å². The fourth-order valence-corrected chi connectivity index (χ4v) is 1.61. The molecule has 1 aromatic carbocycles. The van der Waals surface area contributed by atoms with Gasteiger partial charge in [-0.15, -0.1) is 0 Å². The number of amides is 1. The van der Waals surface area contributed by atoms with E-state index < -0.39 is 0 Å². The van der Waals surface area contributed by atoms with Crippen molar-refractivity contribution >= 4 is 37.8 Å². The van der Waals surface area contributed by atoms with E-state index in [9.17, 15) is 4.79 Å². The highest BCUT2D eigenvalue weighted by Crippen LogP contribution is 2.03. The van der Waals surface area contributed by atoms with Gasteiger partial charge in [0.05, 0.1) is 0 Å². The third kappa shape index (κ3) is 4.80. The van der Waals surface area contributed by atoms with Crippen molar-refractivity contribution in [2.45, 2.75) is 11.2 Å². The Bertz CT molecular complexity index is 303. The number of alkyl halides is 2. The number of carbonyl (C=O) groups excluding carboxylic acids is 1. The smallest absolute Gasteiger partial charge is 0.234 e. The summed E-state index contributed by atoms with van der Waals surface area (Å²) in [6.07, 6.45) is 0.870. The third-order valence-corrected chi connectivity index (χ3v) is 4.23. The number of carbonyl (C=O) groups is 1. The lowest BCUT2D eigenvalue weighted by Gasteiger charge is -2.07. The van der Waals surface area contributed by atoms with E-state index in [2.05, 4.69) is 49.3 Å². The minimum Gasteiger partial charge on any atom is -0.355 e. The van der Waals surface area contributed by atoms with Crippen LogP contribution in [0, 0.1) is 0 Å². The predicted octanol–water partition coefficient (Wildman–Crippen LogP) is 2.50. The normalized spacial score (nSPS) is 12.1. The minimum atomic E-state index is -0.145. The molecule has 0 aliphatic heterocycles. The zero-order chi connectivity index (χ0) is 11.1. The van der Waals surface area contributed by atoms with Crippen LogP contribution in [-0.2, 0) is 11.2 Å². The van der Waals surface area contributed by atoms with Crippen LogP contribution in [0.2, 0.25) is 0 Å². The summed E-state index contributed by atoms with van der Waals surface area (Å²) in [5, 5.41) is 3.50. The van der Waals surface area contributed by atoms with Crippen molar-refractivity contribution in [2.75, 3.05) is 11.9 Å². The molecule has 0 aliphatic carbocycles. The molecular formula is C11H13Br2NO. The SMILES string of the molecule is O=C(NCCc1ccccc1)C(Br)CBr. The molecule has 0 spiro atoms. The maximum Gasteiger partial charge on any atom is 0.234 e. The highest BCUT2D eigenvalue weighted by Gasteiger charge is 2.11. The Kier molecular flexibility index (Phi) is 5.95. The Labute approximate surface area is 107 Å². The van der Waals surface area contributed by atoms with Crippen molar-refractivity contribution in [3.63, 3.8) is 0 Å². The van der Waals surface area contributed by atoms with E-state index in [1.807, 2.05) is 18.2 Å². The predicted molar refractivity (Wildman–Crippen MR) is 69.7 cm³/mol. The zero-order valence-electron chi connectivity index (χ0n) is 8.25. The number of nitrogens with one attached hydrogen (secondary N) is 1. The summed E-state index contributed by atoms with van der Waals surface area (Å²) in [5.41, 5.74) is 1.24. The van der Waals surface area contributed by atoms with Crippen molar-refractivity contribution in [1.29, 1.82) is 0 Å². The molecule has 0 saturated heterocycles. The van der Waals surface area contributed by atoms with Gasteiger partial charge in [0, 0.05) is 11.9 Å². The average Bonchev–Trinajstić information content (AvgIpc) is 2.29. The lowest BCUT2D eigenvalue weighted by atomic mass is 10.1. The molecule has 0 fully saturated rings. The molecule has 0 aliphatic rings. The highest BCUT2D eigenvalue weighted by atomic mass is 79.9. The van der Waals surface area contributed by atoms with Crippen molar-refractivity contribution in [3.05, 3.63) is 35.9 Å². The van der Waals surface area contributed by atoms with Gasteiger partial charge in [0.2, 0.25) is 5.91 Å². The Morgan fingerprint density at radius 1 is 1.33 bits per heavy atom. The molecule has 82 valence electrons. The summed E-state index contributed by atoms with van der Waals surface area (Å²) >= 11 is 6.51. The molecule has 0 bridgehead atoms. The summed E-state index contributed by atoms with van der Waals surface area (Å²) in [7, 11) is 0. The van der Waals surface area contributed by atoms with E-state index >= 15 is 0 Å². The third-order valence-electron chi connectivity index (χ3n) is 1.98. The van der Waals surface area contributed by atoms with Gasteiger partial charge in [-0.05, 0) is 12.0 Å². The van der Waals surface area contributed by atoms with E-state index in [1.165, 1.54) is 5.56 Å². The second kappa shape index (κ2) is 7.01. The quantitative estimate of drug-likeness (QED) is 0.824. The van der Waals surface area contributed by atoms with Gasteiger partial charge in [-0.3, -0.25) is 4.79 Å². The second-order valence-corrected chi connectivity index (χ2v) is 4.90. The minimum absolute atomic E-state index is 0.0304. The number of halogens is 2. The number of hydrogen-bond acceptors (Lipinski definition) is 1. The van der Waals surface area contributed by atoms with Gasteiger partial charge in [-0.2, -0.15) is 0 Å². The van der Waals surface area contributed by atoms with Crippen molar-refractivity contribution in [3.8, 4) is 0 Å². The Hall–Kier alpha value is -0.350. The van der Waals surface area contributed by atoms with Crippen molar-refractivity contribution in [2.24, 2.45) is 0 Å². The first kappa shape index (κ1) is 12.7. The first-order valence-corrected chi connectivity index (χ1v) is 6.79. The van der Waals surface area contributed by atoms with Gasteiger partial charge in [0.1, 0.15) is 4.83 Å². The molecule has 2 nitrogen and oxygen atoms in total. The van der Waals surface area contributed by atoms with Crippen LogP contribution in [-0.4, -0.2) is 22.6 Å². The Balaban J connectivity index is 2.25. The molecular weight excluding hydrogens is 322 g/mol. The first-order chi connectivity index (χ1) is 7.24. The van der Waals surface area contributed by atoms with Gasteiger partial charge in [-0.1, -0.05) is 62.2 Å². The zero-order valence-corrected chi connectivity index (χ0v) is 11.4. The highest BCUT2D eigenvalue weighted by molar-refractivity contribution is 9.12. The molecule has 4 heteroatoms. The van der Waals surface area contributed by atoms with Gasteiger partial charge < -0.3 is 5.32 Å². The van der Waals surface area contributed by atoms with Gasteiger partial charge in [0.25, 0.3) is 0 Å². The summed E-state index contributed by atoms with van der Waals surface area (Å²) in [6, 6.07) is 10.1. The lowest BCUT2D eigenvalue weighted by Crippen LogP contribution is -2.33. The fraction of sp³-hybridized carbons (Fsp3) is 0.364. The first-order valence-electron chi connectivity index (χ1n) is 4.75. The standard InChI is InChI=1S/C11H13Br2NO/c12-8-10(13)11(15)14-7-6-9-4-2-1-3-5-9/h1-5,10H,6-8H2,(H,14,15). The molecule has 0 saturated carbocycles. The lowest BCUT2D eigenvalue weighted by molar-refractivity contribution is -0.120. The molecule has 0 radical (unpaired) electrons. The fourth-order valence-electron chi connectivity index (χ4n) is 1.16. The van der Waals surface area contributed by atoms with Crippen LogP contribution in [0.5, 0.6) is 0 Å². The molecule has 1 atom stereocenters. The molecule has 0 aromatic heterocycles. The van der Waals surface area contributed by atoms with Crippen LogP contribution < -0.4 is 5.32 Å².